The summed E-state index contributed by atoms with van der Waals surface area (Å²) in [7, 11) is 0. The van der Waals surface area contributed by atoms with Gasteiger partial charge in [-0.05, 0) is 13.8 Å². The monoisotopic (exact) mass is 185 g/mol. The number of anilines is 1. The number of nitrogens with zero attached hydrogens (tertiary/aromatic N) is 1. The van der Waals surface area contributed by atoms with E-state index in [1.165, 1.54) is 11.3 Å². The molecule has 0 spiro atoms. The van der Waals surface area contributed by atoms with Gasteiger partial charge in [-0.25, -0.2) is 4.98 Å². The average molecular weight is 185 g/mol. The fraction of sp³-hybridized carbons (Fsp3) is 0.429. The van der Waals surface area contributed by atoms with Gasteiger partial charge in [0.25, 0.3) is 5.91 Å². The van der Waals surface area contributed by atoms with Gasteiger partial charge in [0, 0.05) is 6.04 Å². The Bertz CT molecular complexity index is 282. The maximum absolute atomic E-state index is 11.3. The predicted molar refractivity (Wildman–Crippen MR) is 49.1 cm³/mol. The van der Waals surface area contributed by atoms with Gasteiger partial charge in [-0.3, -0.25) is 4.79 Å². The molecule has 0 atom stereocenters. The molecule has 3 N–H and O–H groups in total. The van der Waals surface area contributed by atoms with Crippen molar-refractivity contribution in [3.05, 3.63) is 10.4 Å². The first-order chi connectivity index (χ1) is 5.61. The third-order valence-corrected chi connectivity index (χ3v) is 2.06. The number of carbonyl (C=O) groups is 1. The van der Waals surface area contributed by atoms with E-state index in [1.54, 1.807) is 5.51 Å². The lowest BCUT2D eigenvalue weighted by molar-refractivity contribution is 0.0948. The van der Waals surface area contributed by atoms with Crippen LogP contribution in [-0.4, -0.2) is 16.9 Å². The molecule has 0 aliphatic rings. The van der Waals surface area contributed by atoms with Crippen LogP contribution in [0.3, 0.4) is 0 Å². The second-order valence-electron chi connectivity index (χ2n) is 2.69. The molecule has 0 saturated heterocycles. The molecule has 1 amide bonds. The van der Waals surface area contributed by atoms with Crippen LogP contribution in [0.15, 0.2) is 5.51 Å². The third kappa shape index (κ3) is 1.94. The molecule has 1 rings (SSSR count). The normalized spacial score (nSPS) is 10.2. The van der Waals surface area contributed by atoms with Crippen molar-refractivity contribution in [2.45, 2.75) is 19.9 Å². The van der Waals surface area contributed by atoms with Crippen molar-refractivity contribution in [2.75, 3.05) is 5.73 Å². The largest absolute Gasteiger partial charge is 0.382 e. The van der Waals surface area contributed by atoms with Crippen LogP contribution in [0, 0.1) is 0 Å². The molecule has 0 aliphatic heterocycles. The minimum atomic E-state index is -0.148. The summed E-state index contributed by atoms with van der Waals surface area (Å²) < 4.78 is 0. The van der Waals surface area contributed by atoms with Crippen LogP contribution in [0.25, 0.3) is 0 Å². The number of hydrogen-bond acceptors (Lipinski definition) is 4. The topological polar surface area (TPSA) is 68.0 Å². The van der Waals surface area contributed by atoms with Gasteiger partial charge in [0.2, 0.25) is 0 Å². The first-order valence-corrected chi connectivity index (χ1v) is 4.49. The fourth-order valence-corrected chi connectivity index (χ4v) is 1.36. The van der Waals surface area contributed by atoms with Crippen molar-refractivity contribution in [1.82, 2.24) is 10.3 Å². The van der Waals surface area contributed by atoms with E-state index < -0.39 is 0 Å². The average Bonchev–Trinajstić information content (AvgIpc) is 2.33. The highest BCUT2D eigenvalue weighted by Crippen LogP contribution is 2.14. The molecule has 1 heterocycles. The number of nitrogens with one attached hydrogen (secondary N) is 1. The summed E-state index contributed by atoms with van der Waals surface area (Å²) in [6, 6.07) is 0.124. The van der Waals surface area contributed by atoms with Gasteiger partial charge in [0.1, 0.15) is 10.7 Å². The Kier molecular flexibility index (Phi) is 2.65. The number of nitrogens with two attached hydrogens (primary N) is 1. The zero-order chi connectivity index (χ0) is 9.14. The number of nitrogen functional groups attached to an aromatic ring is 1. The molecular weight excluding hydrogens is 174 g/mol. The van der Waals surface area contributed by atoms with E-state index in [-0.39, 0.29) is 11.9 Å². The SMILES string of the molecule is CC(C)NC(=O)c1scnc1N. The van der Waals surface area contributed by atoms with E-state index in [1.807, 2.05) is 13.8 Å². The van der Waals surface area contributed by atoms with Crippen LogP contribution in [0.1, 0.15) is 23.5 Å². The lowest BCUT2D eigenvalue weighted by atomic mass is 10.3. The molecule has 1 aromatic heterocycles. The summed E-state index contributed by atoms with van der Waals surface area (Å²) in [5.74, 6) is 0.156. The third-order valence-electron chi connectivity index (χ3n) is 1.22. The Balaban J connectivity index is 2.72. The Morgan fingerprint density at radius 3 is 2.83 bits per heavy atom. The van der Waals surface area contributed by atoms with E-state index in [4.69, 9.17) is 5.73 Å². The summed E-state index contributed by atoms with van der Waals surface area (Å²) in [5, 5.41) is 2.74. The van der Waals surface area contributed by atoms with Crippen LogP contribution in [0.5, 0.6) is 0 Å². The molecule has 0 bridgehead atoms. The highest BCUT2D eigenvalue weighted by Gasteiger charge is 2.12. The van der Waals surface area contributed by atoms with Crippen molar-refractivity contribution >= 4 is 23.1 Å². The van der Waals surface area contributed by atoms with Gasteiger partial charge in [0.05, 0.1) is 5.51 Å². The minimum Gasteiger partial charge on any atom is -0.382 e. The van der Waals surface area contributed by atoms with Crippen molar-refractivity contribution < 1.29 is 4.79 Å². The summed E-state index contributed by atoms with van der Waals surface area (Å²) in [5.41, 5.74) is 7.02. The summed E-state index contributed by atoms with van der Waals surface area (Å²) in [4.78, 5) is 15.6. The van der Waals surface area contributed by atoms with Crippen LogP contribution in [-0.2, 0) is 0 Å². The lowest BCUT2D eigenvalue weighted by Crippen LogP contribution is -2.29. The van der Waals surface area contributed by atoms with Crippen LogP contribution in [0.4, 0.5) is 5.82 Å². The molecule has 0 aromatic carbocycles. The first-order valence-electron chi connectivity index (χ1n) is 3.61. The van der Waals surface area contributed by atoms with E-state index >= 15 is 0 Å². The molecule has 0 saturated carbocycles. The van der Waals surface area contributed by atoms with Gasteiger partial charge < -0.3 is 11.1 Å². The second-order valence-corrected chi connectivity index (χ2v) is 3.55. The van der Waals surface area contributed by atoms with E-state index in [2.05, 4.69) is 10.3 Å². The molecule has 0 radical (unpaired) electrons. The van der Waals surface area contributed by atoms with Gasteiger partial charge in [-0.2, -0.15) is 0 Å². The van der Waals surface area contributed by atoms with E-state index in [9.17, 15) is 4.79 Å². The maximum Gasteiger partial charge on any atom is 0.265 e. The summed E-state index contributed by atoms with van der Waals surface area (Å²) in [6.07, 6.45) is 0. The van der Waals surface area contributed by atoms with Gasteiger partial charge in [0.15, 0.2) is 0 Å². The predicted octanol–water partition coefficient (Wildman–Crippen LogP) is 0.863. The molecule has 12 heavy (non-hydrogen) atoms. The molecule has 0 fully saturated rings. The van der Waals surface area contributed by atoms with E-state index in [0.717, 1.165) is 0 Å². The number of thiazole rings is 1. The minimum absolute atomic E-state index is 0.124. The smallest absolute Gasteiger partial charge is 0.265 e. The van der Waals surface area contributed by atoms with Crippen LogP contribution < -0.4 is 11.1 Å². The van der Waals surface area contributed by atoms with Crippen LogP contribution >= 0.6 is 11.3 Å². The Hall–Kier alpha value is -1.10. The molecule has 4 nitrogen and oxygen atoms in total. The number of amides is 1. The van der Waals surface area contributed by atoms with Crippen molar-refractivity contribution in [3.8, 4) is 0 Å². The Morgan fingerprint density at radius 2 is 2.42 bits per heavy atom. The molecular formula is C7H11N3OS. The first kappa shape index (κ1) is 8.99. The zero-order valence-electron chi connectivity index (χ0n) is 7.00. The molecule has 0 unspecified atom stereocenters. The summed E-state index contributed by atoms with van der Waals surface area (Å²) >= 11 is 1.25. The second kappa shape index (κ2) is 3.53. The molecule has 66 valence electrons. The van der Waals surface area contributed by atoms with E-state index in [0.29, 0.717) is 10.7 Å². The highest BCUT2D eigenvalue weighted by molar-refractivity contribution is 7.12. The number of aromatic nitrogens is 1. The molecule has 1 aromatic rings. The maximum atomic E-state index is 11.3. The van der Waals surface area contributed by atoms with Crippen molar-refractivity contribution in [3.63, 3.8) is 0 Å². The Labute approximate surface area is 74.8 Å². The summed E-state index contributed by atoms with van der Waals surface area (Å²) in [6.45, 7) is 3.80. The quantitative estimate of drug-likeness (QED) is 0.718. The highest BCUT2D eigenvalue weighted by atomic mass is 32.1. The van der Waals surface area contributed by atoms with Crippen molar-refractivity contribution in [2.24, 2.45) is 0 Å². The fourth-order valence-electron chi connectivity index (χ4n) is 0.752. The van der Waals surface area contributed by atoms with Gasteiger partial charge >= 0.3 is 0 Å². The van der Waals surface area contributed by atoms with Crippen LogP contribution in [0.2, 0.25) is 0 Å². The lowest BCUT2D eigenvalue weighted by Gasteiger charge is -2.05. The standard InChI is InChI=1S/C7H11N3OS/c1-4(2)10-7(11)5-6(8)9-3-12-5/h3-4H,8H2,1-2H3,(H,10,11). The number of rotatable bonds is 2. The molecule has 5 heteroatoms. The zero-order valence-corrected chi connectivity index (χ0v) is 7.81. The Morgan fingerprint density at radius 1 is 1.75 bits per heavy atom. The number of hydrogen-bond donors (Lipinski definition) is 2. The number of carbonyl (C=O) groups excluding carboxylic acids is 1. The van der Waals surface area contributed by atoms with Gasteiger partial charge in [-0.1, -0.05) is 0 Å². The van der Waals surface area contributed by atoms with Crippen molar-refractivity contribution in [1.29, 1.82) is 0 Å². The molecule has 0 aliphatic carbocycles. The van der Waals surface area contributed by atoms with Gasteiger partial charge in [-0.15, -0.1) is 11.3 Å².